The van der Waals surface area contributed by atoms with Crippen LogP contribution < -0.4 is 10.6 Å². The molecular formula is C26H28N4O5. The number of rotatable bonds is 9. The molecule has 0 fully saturated rings. The van der Waals surface area contributed by atoms with Crippen molar-refractivity contribution in [1.82, 2.24) is 20.6 Å². The van der Waals surface area contributed by atoms with Gasteiger partial charge in [-0.1, -0.05) is 48.5 Å². The third kappa shape index (κ3) is 5.68. The molecule has 4 rings (SSSR count). The highest BCUT2D eigenvalue weighted by Gasteiger charge is 2.32. The summed E-state index contributed by atoms with van der Waals surface area (Å²) in [6.45, 7) is 3.34. The molecule has 1 atom stereocenters. The van der Waals surface area contributed by atoms with Gasteiger partial charge < -0.3 is 25.5 Å². The molecule has 3 aromatic rings. The maximum absolute atomic E-state index is 13.0. The summed E-state index contributed by atoms with van der Waals surface area (Å²) in [5.74, 6) is -1.66. The Balaban J connectivity index is 1.44. The Morgan fingerprint density at radius 3 is 2.29 bits per heavy atom. The number of benzene rings is 2. The Labute approximate surface area is 202 Å². The first-order valence-corrected chi connectivity index (χ1v) is 11.4. The fraction of sp³-hybridized carbons (Fsp3) is 0.308. The number of ether oxygens (including phenoxy) is 1. The van der Waals surface area contributed by atoms with Gasteiger partial charge in [0.25, 0.3) is 0 Å². The molecule has 1 aliphatic carbocycles. The van der Waals surface area contributed by atoms with E-state index in [2.05, 4.69) is 32.7 Å². The van der Waals surface area contributed by atoms with Crippen LogP contribution in [-0.2, 0) is 20.7 Å². The summed E-state index contributed by atoms with van der Waals surface area (Å²) >= 11 is 0. The lowest BCUT2D eigenvalue weighted by atomic mass is 9.98. The van der Waals surface area contributed by atoms with Gasteiger partial charge in [-0.2, -0.15) is 0 Å². The van der Waals surface area contributed by atoms with E-state index in [1.54, 1.807) is 20.0 Å². The Morgan fingerprint density at radius 1 is 1.09 bits per heavy atom. The number of hydrogen-bond acceptors (Lipinski definition) is 5. The molecule has 0 saturated heterocycles. The van der Waals surface area contributed by atoms with E-state index in [1.165, 1.54) is 6.33 Å². The van der Waals surface area contributed by atoms with Crippen LogP contribution in [0.3, 0.4) is 0 Å². The number of carbonyl (C=O) groups is 3. The maximum Gasteiger partial charge on any atom is 0.407 e. The quantitative estimate of drug-likeness (QED) is 0.375. The number of aromatic amines is 1. The molecule has 0 saturated carbocycles. The smallest absolute Gasteiger partial charge is 0.407 e. The van der Waals surface area contributed by atoms with Crippen molar-refractivity contribution < 1.29 is 24.2 Å². The van der Waals surface area contributed by atoms with E-state index in [-0.39, 0.29) is 25.4 Å². The van der Waals surface area contributed by atoms with Crippen molar-refractivity contribution in [3.8, 4) is 11.1 Å². The van der Waals surface area contributed by atoms with E-state index >= 15 is 0 Å². The molecule has 0 aliphatic heterocycles. The van der Waals surface area contributed by atoms with Crippen molar-refractivity contribution in [2.75, 3.05) is 6.61 Å². The van der Waals surface area contributed by atoms with Crippen LogP contribution in [0, 0.1) is 0 Å². The van der Waals surface area contributed by atoms with Crippen molar-refractivity contribution in [3.05, 3.63) is 77.9 Å². The van der Waals surface area contributed by atoms with Crippen LogP contribution in [-0.4, -0.2) is 51.2 Å². The Bertz CT molecular complexity index is 1180. The van der Waals surface area contributed by atoms with Crippen LogP contribution in [0.25, 0.3) is 11.1 Å². The normalized spacial score (nSPS) is 13.4. The second-order valence-corrected chi connectivity index (χ2v) is 9.25. The van der Waals surface area contributed by atoms with Crippen LogP contribution in [0.2, 0.25) is 0 Å². The Morgan fingerprint density at radius 2 is 1.71 bits per heavy atom. The number of nitrogens with zero attached hydrogens (tertiary/aromatic N) is 1. The van der Waals surface area contributed by atoms with Crippen molar-refractivity contribution in [2.24, 2.45) is 0 Å². The Kier molecular flexibility index (Phi) is 6.86. The molecule has 0 bridgehead atoms. The average Bonchev–Trinajstić information content (AvgIpc) is 3.42. The highest BCUT2D eigenvalue weighted by molar-refractivity contribution is 5.87. The second-order valence-electron chi connectivity index (χ2n) is 9.25. The number of carboxylic acids is 1. The molecule has 0 spiro atoms. The standard InChI is InChI=1S/C26H28N4O5/c1-26(2,12-23(31)32)30-24(33)22(11-16-13-27-15-28-16)29-25(34)35-14-21-19-9-5-3-7-17(19)18-8-4-6-10-20(18)21/h3-10,13,15,21-22H,11-12,14H2,1-2H3,(H,27,28)(H,29,34)(H,30,33)(H,31,32). The van der Waals surface area contributed by atoms with Gasteiger partial charge in [0, 0.05) is 29.8 Å². The van der Waals surface area contributed by atoms with Gasteiger partial charge in [-0.3, -0.25) is 9.59 Å². The molecular weight excluding hydrogens is 448 g/mol. The van der Waals surface area contributed by atoms with Gasteiger partial charge in [-0.15, -0.1) is 0 Å². The molecule has 9 heteroatoms. The van der Waals surface area contributed by atoms with Gasteiger partial charge in [-0.25, -0.2) is 9.78 Å². The van der Waals surface area contributed by atoms with Crippen LogP contribution >= 0.6 is 0 Å². The molecule has 1 aliphatic rings. The van der Waals surface area contributed by atoms with Crippen molar-refractivity contribution in [3.63, 3.8) is 0 Å². The minimum absolute atomic E-state index is 0.109. The molecule has 0 radical (unpaired) electrons. The molecule has 2 amide bonds. The van der Waals surface area contributed by atoms with Crippen molar-refractivity contribution >= 4 is 18.0 Å². The summed E-state index contributed by atoms with van der Waals surface area (Å²) < 4.78 is 5.58. The number of amides is 2. The zero-order valence-electron chi connectivity index (χ0n) is 19.6. The van der Waals surface area contributed by atoms with Gasteiger partial charge in [0.2, 0.25) is 5.91 Å². The molecule has 1 heterocycles. The number of H-pyrrole nitrogens is 1. The lowest BCUT2D eigenvalue weighted by molar-refractivity contribution is -0.138. The predicted molar refractivity (Wildman–Crippen MR) is 129 cm³/mol. The van der Waals surface area contributed by atoms with Gasteiger partial charge in [0.05, 0.1) is 12.7 Å². The summed E-state index contributed by atoms with van der Waals surface area (Å²) in [6.07, 6.45) is 2.18. The summed E-state index contributed by atoms with van der Waals surface area (Å²) in [5, 5.41) is 14.5. The van der Waals surface area contributed by atoms with E-state index in [0.29, 0.717) is 5.69 Å². The number of nitrogens with one attached hydrogen (secondary N) is 3. The lowest BCUT2D eigenvalue weighted by Gasteiger charge is -2.27. The second kappa shape index (κ2) is 10.0. The number of carbonyl (C=O) groups excluding carboxylic acids is 2. The first kappa shape index (κ1) is 24.0. The fourth-order valence-electron chi connectivity index (χ4n) is 4.45. The van der Waals surface area contributed by atoms with Gasteiger partial charge in [-0.05, 0) is 36.1 Å². The molecule has 1 unspecified atom stereocenters. The first-order valence-electron chi connectivity index (χ1n) is 11.4. The Hall–Kier alpha value is -4.14. The average molecular weight is 477 g/mol. The number of aliphatic carboxylic acids is 1. The van der Waals surface area contributed by atoms with E-state index in [4.69, 9.17) is 9.84 Å². The van der Waals surface area contributed by atoms with Crippen LogP contribution in [0.1, 0.15) is 43.0 Å². The van der Waals surface area contributed by atoms with E-state index < -0.39 is 29.6 Å². The van der Waals surface area contributed by atoms with Crippen molar-refractivity contribution in [1.29, 1.82) is 0 Å². The van der Waals surface area contributed by atoms with Gasteiger partial charge in [0.1, 0.15) is 12.6 Å². The highest BCUT2D eigenvalue weighted by Crippen LogP contribution is 2.44. The highest BCUT2D eigenvalue weighted by atomic mass is 16.5. The number of aromatic nitrogens is 2. The third-order valence-corrected chi connectivity index (χ3v) is 5.99. The number of hydrogen-bond donors (Lipinski definition) is 4. The van der Waals surface area contributed by atoms with Gasteiger partial charge >= 0.3 is 12.1 Å². The molecule has 35 heavy (non-hydrogen) atoms. The zero-order chi connectivity index (χ0) is 25.0. The number of alkyl carbamates (subject to hydrolysis) is 1. The first-order chi connectivity index (χ1) is 16.7. The summed E-state index contributed by atoms with van der Waals surface area (Å²) in [6, 6.07) is 15.1. The number of carboxylic acid groups (broad SMARTS) is 1. The molecule has 9 nitrogen and oxygen atoms in total. The molecule has 4 N–H and O–H groups in total. The van der Waals surface area contributed by atoms with Crippen LogP contribution in [0.4, 0.5) is 4.79 Å². The number of imidazole rings is 1. The maximum atomic E-state index is 13.0. The van der Waals surface area contributed by atoms with E-state index in [1.807, 2.05) is 36.4 Å². The van der Waals surface area contributed by atoms with Crippen LogP contribution in [0.15, 0.2) is 61.1 Å². The van der Waals surface area contributed by atoms with Crippen molar-refractivity contribution in [2.45, 2.75) is 44.2 Å². The summed E-state index contributed by atoms with van der Waals surface area (Å²) in [4.78, 5) is 43.8. The predicted octanol–water partition coefficient (Wildman–Crippen LogP) is 3.23. The lowest BCUT2D eigenvalue weighted by Crippen LogP contribution is -2.54. The largest absolute Gasteiger partial charge is 0.481 e. The SMILES string of the molecule is CC(C)(CC(=O)O)NC(=O)C(Cc1cnc[nH]1)NC(=O)OCC1c2ccccc2-c2ccccc21. The molecule has 182 valence electrons. The van der Waals surface area contributed by atoms with E-state index in [0.717, 1.165) is 22.3 Å². The fourth-order valence-corrected chi connectivity index (χ4v) is 4.45. The minimum atomic E-state index is -1.04. The van der Waals surface area contributed by atoms with Crippen LogP contribution in [0.5, 0.6) is 0 Å². The number of fused-ring (bicyclic) bond motifs is 3. The zero-order valence-corrected chi connectivity index (χ0v) is 19.6. The van der Waals surface area contributed by atoms with E-state index in [9.17, 15) is 14.4 Å². The topological polar surface area (TPSA) is 133 Å². The summed E-state index contributed by atoms with van der Waals surface area (Å²) in [7, 11) is 0. The summed E-state index contributed by atoms with van der Waals surface area (Å²) in [5.41, 5.74) is 4.05. The molecule has 2 aromatic carbocycles. The monoisotopic (exact) mass is 476 g/mol. The van der Waals surface area contributed by atoms with Gasteiger partial charge in [0.15, 0.2) is 0 Å². The third-order valence-electron chi connectivity index (χ3n) is 5.99. The molecule has 1 aromatic heterocycles. The minimum Gasteiger partial charge on any atom is -0.481 e.